The molecule has 0 fully saturated rings. The standard InChI is InChI=1S/C21H17Cl/c22-21(19-14-8-3-9-15-19)16-20(17-10-4-1-5-11-17)18-12-6-2-7-13-18/h1-16,20H/b21-16+. The van der Waals surface area contributed by atoms with Crippen molar-refractivity contribution in [1.82, 2.24) is 0 Å². The van der Waals surface area contributed by atoms with E-state index in [9.17, 15) is 0 Å². The zero-order valence-electron chi connectivity index (χ0n) is 12.2. The van der Waals surface area contributed by atoms with E-state index in [2.05, 4.69) is 54.6 Å². The van der Waals surface area contributed by atoms with Crippen molar-refractivity contribution in [2.45, 2.75) is 5.92 Å². The fourth-order valence-electron chi connectivity index (χ4n) is 2.55. The summed E-state index contributed by atoms with van der Waals surface area (Å²) in [5.74, 6) is 0.148. The summed E-state index contributed by atoms with van der Waals surface area (Å²) >= 11 is 6.56. The Balaban J connectivity index is 2.03. The fraction of sp³-hybridized carbons (Fsp3) is 0.0476. The zero-order valence-corrected chi connectivity index (χ0v) is 12.9. The second-order valence-electron chi connectivity index (χ2n) is 5.18. The molecule has 0 nitrogen and oxygen atoms in total. The summed E-state index contributed by atoms with van der Waals surface area (Å²) in [7, 11) is 0. The van der Waals surface area contributed by atoms with Gasteiger partial charge in [0.2, 0.25) is 0 Å². The number of benzene rings is 3. The predicted molar refractivity (Wildman–Crippen MR) is 95.0 cm³/mol. The van der Waals surface area contributed by atoms with E-state index < -0.39 is 0 Å². The van der Waals surface area contributed by atoms with Crippen LogP contribution in [0.4, 0.5) is 0 Å². The SMILES string of the molecule is Cl/C(=C/C(c1ccccc1)c1ccccc1)c1ccccc1. The molecule has 0 aliphatic heterocycles. The minimum atomic E-state index is 0.148. The smallest absolute Gasteiger partial charge is 0.0448 e. The first-order chi connectivity index (χ1) is 10.8. The Morgan fingerprint density at radius 2 is 1.05 bits per heavy atom. The maximum Gasteiger partial charge on any atom is 0.0448 e. The molecule has 1 heteroatoms. The molecule has 0 N–H and O–H groups in total. The van der Waals surface area contributed by atoms with E-state index in [1.165, 1.54) is 11.1 Å². The third kappa shape index (κ3) is 3.47. The van der Waals surface area contributed by atoms with Gasteiger partial charge >= 0.3 is 0 Å². The normalized spacial score (nSPS) is 11.6. The van der Waals surface area contributed by atoms with E-state index in [0.29, 0.717) is 0 Å². The van der Waals surface area contributed by atoms with Gasteiger partial charge in [0.15, 0.2) is 0 Å². The first kappa shape index (κ1) is 14.6. The van der Waals surface area contributed by atoms with Gasteiger partial charge in [-0.15, -0.1) is 0 Å². The van der Waals surface area contributed by atoms with Crippen molar-refractivity contribution < 1.29 is 0 Å². The van der Waals surface area contributed by atoms with Gasteiger partial charge in [-0.25, -0.2) is 0 Å². The average Bonchev–Trinajstić information content (AvgIpc) is 2.62. The lowest BCUT2D eigenvalue weighted by atomic mass is 9.90. The van der Waals surface area contributed by atoms with Crippen molar-refractivity contribution in [2.24, 2.45) is 0 Å². The van der Waals surface area contributed by atoms with Crippen molar-refractivity contribution in [1.29, 1.82) is 0 Å². The average molecular weight is 305 g/mol. The van der Waals surface area contributed by atoms with Crippen LogP contribution in [0.1, 0.15) is 22.6 Å². The molecule has 0 radical (unpaired) electrons. The van der Waals surface area contributed by atoms with Gasteiger partial charge in [0.05, 0.1) is 0 Å². The monoisotopic (exact) mass is 304 g/mol. The third-order valence-electron chi connectivity index (χ3n) is 3.68. The van der Waals surface area contributed by atoms with Crippen molar-refractivity contribution in [2.75, 3.05) is 0 Å². The van der Waals surface area contributed by atoms with E-state index in [4.69, 9.17) is 11.6 Å². The molecule has 108 valence electrons. The van der Waals surface area contributed by atoms with Crippen LogP contribution in [0.15, 0.2) is 97.1 Å². The van der Waals surface area contributed by atoms with Crippen LogP contribution >= 0.6 is 11.6 Å². The molecule has 0 aliphatic rings. The Kier molecular flexibility index (Phi) is 4.72. The van der Waals surface area contributed by atoms with Crippen LogP contribution in [-0.2, 0) is 0 Å². The van der Waals surface area contributed by atoms with Gasteiger partial charge in [-0.3, -0.25) is 0 Å². The molecular weight excluding hydrogens is 288 g/mol. The molecular formula is C21H17Cl. The van der Waals surface area contributed by atoms with E-state index in [1.54, 1.807) is 0 Å². The number of halogens is 1. The quantitative estimate of drug-likeness (QED) is 0.546. The summed E-state index contributed by atoms with van der Waals surface area (Å²) in [4.78, 5) is 0. The largest absolute Gasteiger partial charge is 0.0840 e. The van der Waals surface area contributed by atoms with Gasteiger partial charge in [0.1, 0.15) is 0 Å². The van der Waals surface area contributed by atoms with Crippen molar-refractivity contribution in [3.63, 3.8) is 0 Å². The molecule has 0 saturated carbocycles. The number of rotatable bonds is 4. The van der Waals surface area contributed by atoms with Crippen molar-refractivity contribution >= 4 is 16.6 Å². The van der Waals surface area contributed by atoms with Gasteiger partial charge in [-0.1, -0.05) is 109 Å². The second kappa shape index (κ2) is 7.11. The highest BCUT2D eigenvalue weighted by Crippen LogP contribution is 2.31. The molecule has 3 aromatic carbocycles. The number of hydrogen-bond donors (Lipinski definition) is 0. The Hall–Kier alpha value is -2.31. The molecule has 0 spiro atoms. The lowest BCUT2D eigenvalue weighted by Crippen LogP contribution is -1.98. The molecule has 0 unspecified atom stereocenters. The first-order valence-electron chi connectivity index (χ1n) is 7.37. The summed E-state index contributed by atoms with van der Waals surface area (Å²) in [5, 5.41) is 0.776. The summed E-state index contributed by atoms with van der Waals surface area (Å²) in [6, 6.07) is 31.0. The van der Waals surface area contributed by atoms with Crippen LogP contribution in [0.3, 0.4) is 0 Å². The lowest BCUT2D eigenvalue weighted by molar-refractivity contribution is 1.03. The Bertz CT molecular complexity index is 691. The lowest BCUT2D eigenvalue weighted by Gasteiger charge is -2.15. The molecule has 3 rings (SSSR count). The van der Waals surface area contributed by atoms with Crippen molar-refractivity contribution in [3.8, 4) is 0 Å². The summed E-state index contributed by atoms with van der Waals surface area (Å²) in [6.45, 7) is 0. The highest BCUT2D eigenvalue weighted by Gasteiger charge is 2.12. The van der Waals surface area contributed by atoms with Gasteiger partial charge in [-0.05, 0) is 16.7 Å². The van der Waals surface area contributed by atoms with Gasteiger partial charge in [0, 0.05) is 11.0 Å². The molecule has 3 aromatic rings. The Morgan fingerprint density at radius 3 is 1.50 bits per heavy atom. The highest BCUT2D eigenvalue weighted by molar-refractivity contribution is 6.48. The summed E-state index contributed by atoms with van der Waals surface area (Å²) < 4.78 is 0. The van der Waals surface area contributed by atoms with Crippen LogP contribution in [0.25, 0.3) is 5.03 Å². The topological polar surface area (TPSA) is 0 Å². The van der Waals surface area contributed by atoms with Gasteiger partial charge < -0.3 is 0 Å². The van der Waals surface area contributed by atoms with Gasteiger partial charge in [-0.2, -0.15) is 0 Å². The molecule has 0 aliphatic carbocycles. The second-order valence-corrected chi connectivity index (χ2v) is 5.59. The van der Waals surface area contributed by atoms with Gasteiger partial charge in [0.25, 0.3) is 0 Å². The number of allylic oxidation sites excluding steroid dienone is 1. The molecule has 0 bridgehead atoms. The first-order valence-corrected chi connectivity index (χ1v) is 7.75. The van der Waals surface area contributed by atoms with E-state index >= 15 is 0 Å². The van der Waals surface area contributed by atoms with Crippen LogP contribution in [0.2, 0.25) is 0 Å². The molecule has 0 heterocycles. The molecule has 22 heavy (non-hydrogen) atoms. The fourth-order valence-corrected chi connectivity index (χ4v) is 2.80. The predicted octanol–water partition coefficient (Wildman–Crippen LogP) is 6.10. The van der Waals surface area contributed by atoms with E-state index in [-0.39, 0.29) is 5.92 Å². The van der Waals surface area contributed by atoms with Crippen LogP contribution in [0, 0.1) is 0 Å². The molecule has 0 amide bonds. The number of hydrogen-bond acceptors (Lipinski definition) is 0. The molecule has 0 aromatic heterocycles. The Labute approximate surface area is 136 Å². The maximum absolute atomic E-state index is 6.56. The van der Waals surface area contributed by atoms with Crippen LogP contribution in [-0.4, -0.2) is 0 Å². The molecule has 0 atom stereocenters. The Morgan fingerprint density at radius 1 is 0.636 bits per heavy atom. The summed E-state index contributed by atoms with van der Waals surface area (Å²) in [6.07, 6.45) is 2.13. The highest BCUT2D eigenvalue weighted by atomic mass is 35.5. The summed E-state index contributed by atoms with van der Waals surface area (Å²) in [5.41, 5.74) is 3.52. The third-order valence-corrected chi connectivity index (χ3v) is 4.02. The van der Waals surface area contributed by atoms with Crippen LogP contribution in [0.5, 0.6) is 0 Å². The van der Waals surface area contributed by atoms with E-state index in [0.717, 1.165) is 10.6 Å². The molecule has 0 saturated heterocycles. The van der Waals surface area contributed by atoms with E-state index in [1.807, 2.05) is 42.5 Å². The minimum Gasteiger partial charge on any atom is -0.0840 e. The zero-order chi connectivity index (χ0) is 15.2. The minimum absolute atomic E-state index is 0.148. The van der Waals surface area contributed by atoms with Crippen molar-refractivity contribution in [3.05, 3.63) is 114 Å². The maximum atomic E-state index is 6.56. The van der Waals surface area contributed by atoms with Crippen LogP contribution < -0.4 is 0 Å².